The summed E-state index contributed by atoms with van der Waals surface area (Å²) in [6, 6.07) is 17.8. The number of carbonyl (C=O) groups is 2. The molecule has 0 amide bonds. The normalized spacial score (nSPS) is 18.8. The van der Waals surface area contributed by atoms with Gasteiger partial charge in [0.15, 0.2) is 0 Å². The summed E-state index contributed by atoms with van der Waals surface area (Å²) in [5.41, 5.74) is 0.413. The van der Waals surface area contributed by atoms with Gasteiger partial charge in [0.1, 0.15) is 0 Å². The van der Waals surface area contributed by atoms with Crippen molar-refractivity contribution < 1.29 is 14.4 Å². The zero-order valence-corrected chi connectivity index (χ0v) is 17.1. The summed E-state index contributed by atoms with van der Waals surface area (Å²) in [5, 5.41) is 1.88. The van der Waals surface area contributed by atoms with E-state index in [9.17, 15) is 9.59 Å². The molecule has 4 heteroatoms. The highest BCUT2D eigenvalue weighted by Crippen LogP contribution is 2.39. The van der Waals surface area contributed by atoms with Gasteiger partial charge in [0.25, 0.3) is 0 Å². The van der Waals surface area contributed by atoms with E-state index < -0.39 is 6.10 Å². The molecule has 0 unspecified atom stereocenters. The molecule has 2 aromatic carbocycles. The van der Waals surface area contributed by atoms with Crippen LogP contribution in [0, 0.1) is 0 Å². The Bertz CT molecular complexity index is 760. The first-order chi connectivity index (χ1) is 13.2. The van der Waals surface area contributed by atoms with Crippen molar-refractivity contribution in [1.82, 2.24) is 5.06 Å². The standard InChI is InChI=1S/C24H29NO3/c1-23(2)16-11-17-24(3,4)25(23)28-22(20(26)18-12-7-5-8-13-18)21(27)19-14-9-6-10-15-19/h5-10,12-15,22H,11,16-17H2,1-4H3. The lowest BCUT2D eigenvalue weighted by Crippen LogP contribution is -2.60. The maximum atomic E-state index is 13.3. The van der Waals surface area contributed by atoms with Crippen molar-refractivity contribution in [3.63, 3.8) is 0 Å². The average Bonchev–Trinajstić information content (AvgIpc) is 2.67. The highest BCUT2D eigenvalue weighted by molar-refractivity contribution is 6.18. The van der Waals surface area contributed by atoms with Crippen LogP contribution in [0.5, 0.6) is 0 Å². The number of nitrogens with zero attached hydrogens (tertiary/aromatic N) is 1. The number of hydroxylamine groups is 2. The maximum absolute atomic E-state index is 13.3. The first kappa shape index (κ1) is 20.4. The van der Waals surface area contributed by atoms with Gasteiger partial charge < -0.3 is 0 Å². The van der Waals surface area contributed by atoms with Crippen LogP contribution in [-0.4, -0.2) is 33.8 Å². The van der Waals surface area contributed by atoms with Crippen molar-refractivity contribution >= 4 is 11.6 Å². The van der Waals surface area contributed by atoms with Crippen molar-refractivity contribution in [2.24, 2.45) is 0 Å². The lowest BCUT2D eigenvalue weighted by atomic mass is 9.82. The molecule has 148 valence electrons. The first-order valence-corrected chi connectivity index (χ1v) is 9.88. The molecule has 1 aliphatic rings. The predicted octanol–water partition coefficient (Wildman–Crippen LogP) is 5.10. The molecule has 1 heterocycles. The Hall–Kier alpha value is -2.30. The van der Waals surface area contributed by atoms with Crippen LogP contribution in [-0.2, 0) is 4.84 Å². The maximum Gasteiger partial charge on any atom is 0.204 e. The molecule has 28 heavy (non-hydrogen) atoms. The van der Waals surface area contributed by atoms with Crippen LogP contribution < -0.4 is 0 Å². The molecule has 0 saturated carbocycles. The van der Waals surface area contributed by atoms with Gasteiger partial charge in [-0.2, -0.15) is 5.06 Å². The number of Topliss-reactive ketones (excluding diaryl/α,β-unsaturated/α-hetero) is 2. The van der Waals surface area contributed by atoms with E-state index >= 15 is 0 Å². The Kier molecular flexibility index (Phi) is 5.82. The van der Waals surface area contributed by atoms with E-state index in [1.54, 1.807) is 48.5 Å². The molecular formula is C24H29NO3. The molecule has 1 aliphatic heterocycles. The van der Waals surface area contributed by atoms with Gasteiger partial charge in [0.2, 0.25) is 17.7 Å². The zero-order chi connectivity index (χ0) is 20.4. The molecule has 0 aromatic heterocycles. The highest BCUT2D eigenvalue weighted by atomic mass is 16.7. The lowest BCUT2D eigenvalue weighted by Gasteiger charge is -2.52. The minimum absolute atomic E-state index is 0.270. The molecule has 0 bridgehead atoms. The average molecular weight is 380 g/mol. The summed E-state index contributed by atoms with van der Waals surface area (Å²) in [5.74, 6) is -0.627. The number of ketones is 2. The van der Waals surface area contributed by atoms with Crippen LogP contribution in [0.4, 0.5) is 0 Å². The molecule has 3 rings (SSSR count). The van der Waals surface area contributed by atoms with Crippen LogP contribution >= 0.6 is 0 Å². The van der Waals surface area contributed by atoms with Gasteiger partial charge in [-0.25, -0.2) is 0 Å². The van der Waals surface area contributed by atoms with Crippen molar-refractivity contribution in [2.75, 3.05) is 0 Å². The molecule has 0 atom stereocenters. The van der Waals surface area contributed by atoms with Gasteiger partial charge in [0.05, 0.1) is 0 Å². The highest BCUT2D eigenvalue weighted by Gasteiger charge is 2.46. The van der Waals surface area contributed by atoms with Gasteiger partial charge in [-0.3, -0.25) is 14.4 Å². The third-order valence-electron chi connectivity index (χ3n) is 5.48. The number of carbonyl (C=O) groups excluding carboxylic acids is 2. The summed E-state index contributed by atoms with van der Waals surface area (Å²) < 4.78 is 0. The van der Waals surface area contributed by atoms with Crippen molar-refractivity contribution in [3.8, 4) is 0 Å². The topological polar surface area (TPSA) is 46.6 Å². The van der Waals surface area contributed by atoms with Crippen LogP contribution in [0.1, 0.15) is 67.7 Å². The third-order valence-corrected chi connectivity index (χ3v) is 5.48. The smallest absolute Gasteiger partial charge is 0.204 e. The molecule has 0 N–H and O–H groups in total. The molecule has 4 nitrogen and oxygen atoms in total. The number of hydrogen-bond acceptors (Lipinski definition) is 4. The third kappa shape index (κ3) is 4.23. The fraction of sp³-hybridized carbons (Fsp3) is 0.417. The van der Waals surface area contributed by atoms with Gasteiger partial charge >= 0.3 is 0 Å². The van der Waals surface area contributed by atoms with Crippen LogP contribution in [0.2, 0.25) is 0 Å². The molecule has 0 spiro atoms. The largest absolute Gasteiger partial charge is 0.291 e. The van der Waals surface area contributed by atoms with E-state index in [1.807, 2.05) is 17.2 Å². The Morgan fingerprint density at radius 3 is 1.57 bits per heavy atom. The van der Waals surface area contributed by atoms with Gasteiger partial charge in [0, 0.05) is 22.2 Å². The fourth-order valence-corrected chi connectivity index (χ4v) is 4.09. The van der Waals surface area contributed by atoms with Crippen molar-refractivity contribution in [1.29, 1.82) is 0 Å². The molecule has 0 radical (unpaired) electrons. The second kappa shape index (κ2) is 7.98. The number of benzene rings is 2. The van der Waals surface area contributed by atoms with E-state index in [0.29, 0.717) is 11.1 Å². The Morgan fingerprint density at radius 2 is 1.18 bits per heavy atom. The predicted molar refractivity (Wildman–Crippen MR) is 110 cm³/mol. The minimum atomic E-state index is -1.21. The Morgan fingerprint density at radius 1 is 0.786 bits per heavy atom. The second-order valence-corrected chi connectivity index (χ2v) is 8.72. The minimum Gasteiger partial charge on any atom is -0.291 e. The zero-order valence-electron chi connectivity index (χ0n) is 17.1. The van der Waals surface area contributed by atoms with Gasteiger partial charge in [-0.05, 0) is 47.0 Å². The van der Waals surface area contributed by atoms with Crippen molar-refractivity contribution in [3.05, 3.63) is 71.8 Å². The fourth-order valence-electron chi connectivity index (χ4n) is 4.09. The Balaban J connectivity index is 1.98. The second-order valence-electron chi connectivity index (χ2n) is 8.72. The molecule has 0 aliphatic carbocycles. The summed E-state index contributed by atoms with van der Waals surface area (Å²) in [7, 11) is 0. The van der Waals surface area contributed by atoms with Crippen LogP contribution in [0.15, 0.2) is 60.7 Å². The first-order valence-electron chi connectivity index (χ1n) is 9.88. The Labute approximate surface area is 167 Å². The summed E-state index contributed by atoms with van der Waals surface area (Å²) in [4.78, 5) is 32.9. The van der Waals surface area contributed by atoms with E-state index in [-0.39, 0.29) is 22.6 Å². The SMILES string of the molecule is CC1(C)CCCC(C)(C)N1OC(C(=O)c1ccccc1)C(=O)c1ccccc1. The van der Waals surface area contributed by atoms with Crippen LogP contribution in [0.3, 0.4) is 0 Å². The molecule has 1 saturated heterocycles. The van der Waals surface area contributed by atoms with E-state index in [1.165, 1.54) is 0 Å². The van der Waals surface area contributed by atoms with E-state index in [2.05, 4.69) is 27.7 Å². The van der Waals surface area contributed by atoms with E-state index in [4.69, 9.17) is 4.84 Å². The lowest BCUT2D eigenvalue weighted by molar-refractivity contribution is -0.285. The van der Waals surface area contributed by atoms with Gasteiger partial charge in [-0.1, -0.05) is 60.7 Å². The summed E-state index contributed by atoms with van der Waals surface area (Å²) >= 11 is 0. The molecule has 2 aromatic rings. The molecular weight excluding hydrogens is 350 g/mol. The van der Waals surface area contributed by atoms with Gasteiger partial charge in [-0.15, -0.1) is 0 Å². The van der Waals surface area contributed by atoms with E-state index in [0.717, 1.165) is 19.3 Å². The molecule has 1 fully saturated rings. The monoisotopic (exact) mass is 379 g/mol. The van der Waals surface area contributed by atoms with Crippen molar-refractivity contribution in [2.45, 2.75) is 64.1 Å². The number of rotatable bonds is 6. The quantitative estimate of drug-likeness (QED) is 0.518. The summed E-state index contributed by atoms with van der Waals surface area (Å²) in [6.45, 7) is 8.41. The number of piperidine rings is 1. The van der Waals surface area contributed by atoms with Crippen LogP contribution in [0.25, 0.3) is 0 Å². The number of hydrogen-bond donors (Lipinski definition) is 0. The summed E-state index contributed by atoms with van der Waals surface area (Å²) in [6.07, 6.45) is 1.77.